The van der Waals surface area contributed by atoms with E-state index in [0.29, 0.717) is 12.3 Å². The first-order chi connectivity index (χ1) is 11.6. The van der Waals surface area contributed by atoms with Crippen LogP contribution in [0.5, 0.6) is 0 Å². The SMILES string of the molecule is CC(C)(CC(=O)N1CC2(C1)C(C(=O)O)CCS2(=O)=O)C1CCCCC1. The van der Waals surface area contributed by atoms with Gasteiger partial charge in [-0.2, -0.15) is 0 Å². The van der Waals surface area contributed by atoms with Gasteiger partial charge in [-0.3, -0.25) is 9.59 Å². The van der Waals surface area contributed by atoms with Gasteiger partial charge in [0.05, 0.1) is 11.7 Å². The van der Waals surface area contributed by atoms with Crippen LogP contribution in [0.2, 0.25) is 0 Å². The number of carboxylic acids is 1. The Hall–Kier alpha value is -1.11. The van der Waals surface area contributed by atoms with Gasteiger partial charge in [0.2, 0.25) is 5.91 Å². The summed E-state index contributed by atoms with van der Waals surface area (Å²) in [5.41, 5.74) is -0.0962. The van der Waals surface area contributed by atoms with E-state index in [1.807, 2.05) is 0 Å². The first kappa shape index (κ1) is 18.7. The first-order valence-corrected chi connectivity index (χ1v) is 11.0. The third kappa shape index (κ3) is 3.09. The lowest BCUT2D eigenvalue weighted by Gasteiger charge is -2.50. The lowest BCUT2D eigenvalue weighted by Crippen LogP contribution is -2.69. The Balaban J connectivity index is 1.65. The maximum Gasteiger partial charge on any atom is 0.308 e. The van der Waals surface area contributed by atoms with E-state index in [2.05, 4.69) is 13.8 Å². The minimum Gasteiger partial charge on any atom is -0.481 e. The van der Waals surface area contributed by atoms with Gasteiger partial charge >= 0.3 is 5.97 Å². The molecule has 7 heteroatoms. The smallest absolute Gasteiger partial charge is 0.308 e. The second-order valence-corrected chi connectivity index (χ2v) is 11.3. The molecular formula is C18H29NO5S. The Labute approximate surface area is 149 Å². The van der Waals surface area contributed by atoms with E-state index in [0.717, 1.165) is 12.8 Å². The molecule has 0 aromatic rings. The second kappa shape index (κ2) is 6.25. The molecule has 142 valence electrons. The topological polar surface area (TPSA) is 91.8 Å². The molecular weight excluding hydrogens is 342 g/mol. The Morgan fingerprint density at radius 3 is 2.28 bits per heavy atom. The lowest BCUT2D eigenvalue weighted by atomic mass is 9.69. The van der Waals surface area contributed by atoms with Gasteiger partial charge in [0.25, 0.3) is 0 Å². The molecule has 0 bridgehead atoms. The molecule has 0 aromatic carbocycles. The number of aliphatic carboxylic acids is 1. The predicted molar refractivity (Wildman–Crippen MR) is 93.8 cm³/mol. The van der Waals surface area contributed by atoms with Gasteiger partial charge in [0, 0.05) is 19.5 Å². The van der Waals surface area contributed by atoms with Crippen molar-refractivity contribution in [2.24, 2.45) is 17.3 Å². The molecule has 3 aliphatic rings. The molecule has 1 N–H and O–H groups in total. The van der Waals surface area contributed by atoms with E-state index in [-0.39, 0.29) is 36.6 Å². The van der Waals surface area contributed by atoms with Gasteiger partial charge in [-0.25, -0.2) is 8.42 Å². The fraction of sp³-hybridized carbons (Fsp3) is 0.889. The lowest BCUT2D eigenvalue weighted by molar-refractivity contribution is -0.150. The van der Waals surface area contributed by atoms with Crippen LogP contribution in [0.25, 0.3) is 0 Å². The Morgan fingerprint density at radius 2 is 1.72 bits per heavy atom. The largest absolute Gasteiger partial charge is 0.481 e. The van der Waals surface area contributed by atoms with Crippen LogP contribution >= 0.6 is 0 Å². The van der Waals surface area contributed by atoms with Gasteiger partial charge in [-0.05, 0) is 30.6 Å². The van der Waals surface area contributed by atoms with Gasteiger partial charge in [-0.1, -0.05) is 33.1 Å². The van der Waals surface area contributed by atoms with Crippen molar-refractivity contribution in [3.05, 3.63) is 0 Å². The number of likely N-dealkylation sites (tertiary alicyclic amines) is 1. The fourth-order valence-corrected chi connectivity index (χ4v) is 7.34. The zero-order valence-corrected chi connectivity index (χ0v) is 16.0. The molecule has 1 spiro atoms. The highest BCUT2D eigenvalue weighted by Crippen LogP contribution is 2.46. The molecule has 0 aromatic heterocycles. The number of carbonyl (C=O) groups is 2. The van der Waals surface area contributed by atoms with Crippen molar-refractivity contribution in [1.29, 1.82) is 0 Å². The van der Waals surface area contributed by atoms with E-state index in [1.54, 1.807) is 4.90 Å². The van der Waals surface area contributed by atoms with Gasteiger partial charge in [0.15, 0.2) is 9.84 Å². The number of carboxylic acid groups (broad SMARTS) is 1. The fourth-order valence-electron chi connectivity index (χ4n) is 5.03. The molecule has 3 fully saturated rings. The van der Waals surface area contributed by atoms with Crippen molar-refractivity contribution < 1.29 is 23.1 Å². The highest BCUT2D eigenvalue weighted by Gasteiger charge is 2.65. The van der Waals surface area contributed by atoms with Crippen molar-refractivity contribution >= 4 is 21.7 Å². The number of hydrogen-bond acceptors (Lipinski definition) is 4. The molecule has 2 heterocycles. The third-order valence-corrected chi connectivity index (χ3v) is 9.37. The van der Waals surface area contributed by atoms with Crippen LogP contribution in [0.3, 0.4) is 0 Å². The van der Waals surface area contributed by atoms with E-state index < -0.39 is 26.5 Å². The van der Waals surface area contributed by atoms with Gasteiger partial charge in [0.1, 0.15) is 4.75 Å². The molecule has 2 saturated heterocycles. The highest BCUT2D eigenvalue weighted by atomic mass is 32.2. The Morgan fingerprint density at radius 1 is 1.12 bits per heavy atom. The average Bonchev–Trinajstić information content (AvgIpc) is 2.77. The standard InChI is InChI=1S/C18H29NO5S/c1-17(2,13-6-4-3-5-7-13)10-15(20)19-11-18(12-19)14(16(21)22)8-9-25(18,23)24/h13-14H,3-12H2,1-2H3,(H,21,22). The van der Waals surface area contributed by atoms with E-state index in [9.17, 15) is 23.1 Å². The number of nitrogens with zero attached hydrogens (tertiary/aromatic N) is 1. The van der Waals surface area contributed by atoms with Crippen LogP contribution in [-0.2, 0) is 19.4 Å². The van der Waals surface area contributed by atoms with Crippen molar-refractivity contribution in [2.75, 3.05) is 18.8 Å². The van der Waals surface area contributed by atoms with Crippen LogP contribution in [0.4, 0.5) is 0 Å². The zero-order valence-electron chi connectivity index (χ0n) is 15.2. The molecule has 25 heavy (non-hydrogen) atoms. The van der Waals surface area contributed by atoms with Crippen LogP contribution < -0.4 is 0 Å². The van der Waals surface area contributed by atoms with E-state index in [4.69, 9.17) is 0 Å². The highest BCUT2D eigenvalue weighted by molar-refractivity contribution is 7.93. The summed E-state index contributed by atoms with van der Waals surface area (Å²) in [5.74, 6) is -1.53. The number of amides is 1. The van der Waals surface area contributed by atoms with Crippen LogP contribution in [-0.4, -0.2) is 53.9 Å². The summed E-state index contributed by atoms with van der Waals surface area (Å²) in [5, 5.41) is 9.36. The van der Waals surface area contributed by atoms with E-state index in [1.165, 1.54) is 19.3 Å². The quantitative estimate of drug-likeness (QED) is 0.817. The summed E-state index contributed by atoms with van der Waals surface area (Å²) < 4.78 is 23.5. The number of carbonyl (C=O) groups excluding carboxylic acids is 1. The Kier molecular flexibility index (Phi) is 4.67. The summed E-state index contributed by atoms with van der Waals surface area (Å²) >= 11 is 0. The molecule has 2 aliphatic heterocycles. The zero-order chi connectivity index (χ0) is 18.5. The molecule has 3 rings (SSSR count). The van der Waals surface area contributed by atoms with Crippen molar-refractivity contribution in [1.82, 2.24) is 4.90 Å². The summed E-state index contributed by atoms with van der Waals surface area (Å²) in [6.45, 7) is 4.35. The number of rotatable bonds is 4. The van der Waals surface area contributed by atoms with Crippen LogP contribution in [0.15, 0.2) is 0 Å². The molecule has 1 unspecified atom stereocenters. The second-order valence-electron chi connectivity index (χ2n) is 8.81. The summed E-state index contributed by atoms with van der Waals surface area (Å²) in [6, 6.07) is 0. The van der Waals surface area contributed by atoms with Crippen molar-refractivity contribution in [3.63, 3.8) is 0 Å². The maximum absolute atomic E-state index is 12.7. The molecule has 6 nitrogen and oxygen atoms in total. The molecule has 1 atom stereocenters. The molecule has 0 radical (unpaired) electrons. The van der Waals surface area contributed by atoms with Crippen LogP contribution in [0.1, 0.15) is 58.8 Å². The van der Waals surface area contributed by atoms with Crippen LogP contribution in [0, 0.1) is 17.3 Å². The third-order valence-electron chi connectivity index (χ3n) is 6.81. The van der Waals surface area contributed by atoms with Gasteiger partial charge < -0.3 is 10.0 Å². The normalized spacial score (nSPS) is 28.7. The summed E-state index contributed by atoms with van der Waals surface area (Å²) in [4.78, 5) is 25.7. The first-order valence-electron chi connectivity index (χ1n) is 9.32. The van der Waals surface area contributed by atoms with Crippen molar-refractivity contribution in [3.8, 4) is 0 Å². The molecule has 1 saturated carbocycles. The summed E-state index contributed by atoms with van der Waals surface area (Å²) in [6.07, 6.45) is 6.57. The molecule has 1 aliphatic carbocycles. The Bertz CT molecular complexity index is 657. The minimum atomic E-state index is -3.45. The number of hydrogen-bond donors (Lipinski definition) is 1. The maximum atomic E-state index is 12.7. The van der Waals surface area contributed by atoms with E-state index >= 15 is 0 Å². The number of sulfone groups is 1. The predicted octanol–water partition coefficient (Wildman–Crippen LogP) is 2.08. The monoisotopic (exact) mass is 371 g/mol. The minimum absolute atomic E-state index is 0.0348. The average molecular weight is 371 g/mol. The molecule has 1 amide bonds. The van der Waals surface area contributed by atoms with Gasteiger partial charge in [-0.15, -0.1) is 0 Å². The summed E-state index contributed by atoms with van der Waals surface area (Å²) in [7, 11) is -3.45. The van der Waals surface area contributed by atoms with Crippen molar-refractivity contribution in [2.45, 2.75) is 63.5 Å².